The highest BCUT2D eigenvalue weighted by Crippen LogP contribution is 2.21. The molecule has 1 aromatic heterocycles. The molecule has 0 unspecified atom stereocenters. The molecule has 0 saturated heterocycles. The number of carbonyl (C=O) groups excluding carboxylic acids is 2. The Morgan fingerprint density at radius 2 is 1.80 bits per heavy atom. The van der Waals surface area contributed by atoms with Crippen LogP contribution in [0.5, 0.6) is 0 Å². The fourth-order valence-corrected chi connectivity index (χ4v) is 2.91. The molecule has 2 aromatic carbocycles. The van der Waals surface area contributed by atoms with Crippen molar-refractivity contribution in [3.05, 3.63) is 83.6 Å². The van der Waals surface area contributed by atoms with Crippen LogP contribution in [0.2, 0.25) is 0 Å². The number of rotatable bonds is 7. The van der Waals surface area contributed by atoms with E-state index >= 15 is 0 Å². The number of carbonyl (C=O) groups is 2. The molecule has 6 nitrogen and oxygen atoms in total. The van der Waals surface area contributed by atoms with Gasteiger partial charge in [-0.1, -0.05) is 56.3 Å². The minimum atomic E-state index is -0.539. The van der Waals surface area contributed by atoms with E-state index in [2.05, 4.69) is 24.3 Å². The van der Waals surface area contributed by atoms with Gasteiger partial charge in [0, 0.05) is 6.08 Å². The third kappa shape index (κ3) is 5.03. The molecule has 3 rings (SSSR count). The Hall–Kier alpha value is -3.67. The van der Waals surface area contributed by atoms with Crippen LogP contribution in [-0.2, 0) is 9.53 Å². The number of hydrogen-bond donors (Lipinski definition) is 1. The predicted octanol–water partition coefficient (Wildman–Crippen LogP) is 4.82. The largest absolute Gasteiger partial charge is 0.462 e. The predicted molar refractivity (Wildman–Crippen MR) is 118 cm³/mol. The second-order valence-electron chi connectivity index (χ2n) is 7.02. The molecule has 6 heteroatoms. The number of nitrogens with zero attached hydrogens (tertiary/aromatic N) is 2. The molecule has 30 heavy (non-hydrogen) atoms. The summed E-state index contributed by atoms with van der Waals surface area (Å²) in [5, 5.41) is 7.03. The molecule has 0 radical (unpaired) electrons. The first-order valence-corrected chi connectivity index (χ1v) is 9.89. The number of esters is 1. The number of hydrogen-bond acceptors (Lipinski definition) is 4. The first kappa shape index (κ1) is 21.0. The Bertz CT molecular complexity index is 1040. The second kappa shape index (κ2) is 9.69. The van der Waals surface area contributed by atoms with E-state index in [1.54, 1.807) is 13.0 Å². The molecule has 1 amide bonds. The first-order chi connectivity index (χ1) is 14.5. The maximum atomic E-state index is 12.6. The molecule has 0 atom stereocenters. The summed E-state index contributed by atoms with van der Waals surface area (Å²) in [4.78, 5) is 24.9. The first-order valence-electron chi connectivity index (χ1n) is 9.89. The zero-order chi connectivity index (χ0) is 21.5. The van der Waals surface area contributed by atoms with Crippen molar-refractivity contribution in [2.75, 3.05) is 11.9 Å². The van der Waals surface area contributed by atoms with Gasteiger partial charge in [-0.3, -0.25) is 4.79 Å². The van der Waals surface area contributed by atoms with E-state index in [0.717, 1.165) is 11.3 Å². The van der Waals surface area contributed by atoms with E-state index in [0.29, 0.717) is 5.92 Å². The van der Waals surface area contributed by atoms with E-state index < -0.39 is 5.97 Å². The van der Waals surface area contributed by atoms with Gasteiger partial charge in [0.2, 0.25) is 5.91 Å². The molecule has 0 aliphatic heterocycles. The average molecular weight is 403 g/mol. The van der Waals surface area contributed by atoms with Crippen molar-refractivity contribution >= 4 is 23.8 Å². The molecule has 0 bridgehead atoms. The fourth-order valence-electron chi connectivity index (χ4n) is 2.91. The number of benzene rings is 2. The number of nitrogens with one attached hydrogen (secondary N) is 1. The summed E-state index contributed by atoms with van der Waals surface area (Å²) in [5.74, 6) is -0.190. The highest BCUT2D eigenvalue weighted by Gasteiger charge is 2.20. The molecule has 1 N–H and O–H groups in total. The minimum absolute atomic E-state index is 0.198. The van der Waals surface area contributed by atoms with Gasteiger partial charge in [-0.15, -0.1) is 0 Å². The lowest BCUT2D eigenvalue weighted by Crippen LogP contribution is -2.16. The standard InChI is InChI=1S/C24H25N3O3/c1-4-30-24(29)21-16-25-27(20-8-6-5-7-9-20)23(21)26-22(28)15-12-18-10-13-19(14-11-18)17(2)3/h5-17H,4H2,1-3H3,(H,26,28). The monoisotopic (exact) mass is 403 g/mol. The molecule has 3 aromatic rings. The van der Waals surface area contributed by atoms with E-state index in [9.17, 15) is 9.59 Å². The highest BCUT2D eigenvalue weighted by molar-refractivity contribution is 6.05. The van der Waals surface area contributed by atoms with Crippen molar-refractivity contribution < 1.29 is 14.3 Å². The van der Waals surface area contributed by atoms with Gasteiger partial charge < -0.3 is 10.1 Å². The number of anilines is 1. The lowest BCUT2D eigenvalue weighted by Gasteiger charge is -2.10. The number of para-hydroxylation sites is 1. The van der Waals surface area contributed by atoms with E-state index in [1.807, 2.05) is 54.6 Å². The van der Waals surface area contributed by atoms with Crippen LogP contribution >= 0.6 is 0 Å². The average Bonchev–Trinajstić information content (AvgIpc) is 3.17. The highest BCUT2D eigenvalue weighted by atomic mass is 16.5. The van der Waals surface area contributed by atoms with E-state index in [1.165, 1.54) is 22.5 Å². The summed E-state index contributed by atoms with van der Waals surface area (Å²) < 4.78 is 6.61. The van der Waals surface area contributed by atoms with Gasteiger partial charge in [0.15, 0.2) is 5.82 Å². The van der Waals surface area contributed by atoms with Crippen molar-refractivity contribution in [3.63, 3.8) is 0 Å². The van der Waals surface area contributed by atoms with Crippen LogP contribution in [0.4, 0.5) is 5.82 Å². The molecular weight excluding hydrogens is 378 g/mol. The van der Waals surface area contributed by atoms with Crippen molar-refractivity contribution in [3.8, 4) is 5.69 Å². The summed E-state index contributed by atoms with van der Waals surface area (Å²) in [6.07, 6.45) is 4.56. The molecule has 154 valence electrons. The molecule has 0 aliphatic rings. The molecule has 1 heterocycles. The SMILES string of the molecule is CCOC(=O)c1cnn(-c2ccccc2)c1NC(=O)C=Cc1ccc(C(C)C)cc1. The van der Waals surface area contributed by atoms with Gasteiger partial charge in [0.1, 0.15) is 5.56 Å². The van der Waals surface area contributed by atoms with Gasteiger partial charge in [0.25, 0.3) is 0 Å². The van der Waals surface area contributed by atoms with Crippen molar-refractivity contribution in [2.45, 2.75) is 26.7 Å². The van der Waals surface area contributed by atoms with Crippen LogP contribution in [0.3, 0.4) is 0 Å². The second-order valence-corrected chi connectivity index (χ2v) is 7.02. The summed E-state index contributed by atoms with van der Waals surface area (Å²) in [7, 11) is 0. The Labute approximate surface area is 176 Å². The van der Waals surface area contributed by atoms with Crippen LogP contribution in [-0.4, -0.2) is 28.3 Å². The van der Waals surface area contributed by atoms with Gasteiger partial charge in [-0.2, -0.15) is 5.10 Å². The van der Waals surface area contributed by atoms with Crippen LogP contribution in [0.25, 0.3) is 11.8 Å². The number of aromatic nitrogens is 2. The van der Waals surface area contributed by atoms with Gasteiger partial charge in [-0.25, -0.2) is 9.48 Å². The van der Waals surface area contributed by atoms with Crippen LogP contribution < -0.4 is 5.32 Å². The number of amides is 1. The number of ether oxygens (including phenoxy) is 1. The van der Waals surface area contributed by atoms with Gasteiger partial charge >= 0.3 is 5.97 Å². The maximum Gasteiger partial charge on any atom is 0.343 e. The van der Waals surface area contributed by atoms with Crippen LogP contribution in [0, 0.1) is 0 Å². The fraction of sp³-hybridized carbons (Fsp3) is 0.208. The summed E-state index contributed by atoms with van der Waals surface area (Å²) in [6.45, 7) is 6.23. The molecule has 0 fully saturated rings. The van der Waals surface area contributed by atoms with Gasteiger partial charge in [0.05, 0.1) is 18.5 Å². The Kier molecular flexibility index (Phi) is 6.80. The lowest BCUT2D eigenvalue weighted by molar-refractivity contribution is -0.111. The molecule has 0 saturated carbocycles. The zero-order valence-electron chi connectivity index (χ0n) is 17.3. The third-order valence-electron chi connectivity index (χ3n) is 4.54. The Balaban J connectivity index is 1.84. The van der Waals surface area contributed by atoms with Crippen molar-refractivity contribution in [1.29, 1.82) is 0 Å². The van der Waals surface area contributed by atoms with E-state index in [4.69, 9.17) is 4.74 Å². The topological polar surface area (TPSA) is 73.2 Å². The summed E-state index contributed by atoms with van der Waals surface area (Å²) >= 11 is 0. The smallest absolute Gasteiger partial charge is 0.343 e. The minimum Gasteiger partial charge on any atom is -0.462 e. The molecular formula is C24H25N3O3. The maximum absolute atomic E-state index is 12.6. The van der Waals surface area contributed by atoms with E-state index in [-0.39, 0.29) is 23.9 Å². The van der Waals surface area contributed by atoms with Gasteiger partial charge in [-0.05, 0) is 42.2 Å². The van der Waals surface area contributed by atoms with Crippen molar-refractivity contribution in [2.24, 2.45) is 0 Å². The van der Waals surface area contributed by atoms with Crippen LogP contribution in [0.1, 0.15) is 48.2 Å². The quantitative estimate of drug-likeness (QED) is 0.453. The Morgan fingerprint density at radius 1 is 1.10 bits per heavy atom. The normalized spacial score (nSPS) is 11.1. The third-order valence-corrected chi connectivity index (χ3v) is 4.54. The van der Waals surface area contributed by atoms with Crippen LogP contribution in [0.15, 0.2) is 66.9 Å². The lowest BCUT2D eigenvalue weighted by atomic mass is 10.0. The Morgan fingerprint density at radius 3 is 2.43 bits per heavy atom. The summed E-state index contributed by atoms with van der Waals surface area (Å²) in [6, 6.07) is 17.3. The zero-order valence-corrected chi connectivity index (χ0v) is 17.3. The summed E-state index contributed by atoms with van der Waals surface area (Å²) in [5.41, 5.74) is 3.07. The van der Waals surface area contributed by atoms with Crippen molar-refractivity contribution in [1.82, 2.24) is 9.78 Å². The molecule has 0 aliphatic carbocycles. The molecule has 0 spiro atoms.